The average molecular weight is 288 g/mol. The molecular formula is C15H20N4O2. The minimum absolute atomic E-state index is 0.259. The van der Waals surface area contributed by atoms with Crippen LogP contribution in [0.25, 0.3) is 0 Å². The van der Waals surface area contributed by atoms with Crippen LogP contribution in [0.3, 0.4) is 0 Å². The first-order chi connectivity index (χ1) is 10.3. The molecule has 6 nitrogen and oxygen atoms in total. The van der Waals surface area contributed by atoms with E-state index < -0.39 is 0 Å². The van der Waals surface area contributed by atoms with Gasteiger partial charge < -0.3 is 9.47 Å². The van der Waals surface area contributed by atoms with Crippen molar-refractivity contribution >= 4 is 0 Å². The van der Waals surface area contributed by atoms with Gasteiger partial charge in [0.25, 0.3) is 0 Å². The second-order valence-electron chi connectivity index (χ2n) is 4.51. The molecule has 1 heterocycles. The van der Waals surface area contributed by atoms with Crippen molar-refractivity contribution in [2.75, 3.05) is 20.3 Å². The first-order valence-electron chi connectivity index (χ1n) is 6.72. The Morgan fingerprint density at radius 2 is 2.05 bits per heavy atom. The average Bonchev–Trinajstić information content (AvgIpc) is 2.50. The number of para-hydroxylation sites is 1. The summed E-state index contributed by atoms with van der Waals surface area (Å²) in [6, 6.07) is 9.31. The van der Waals surface area contributed by atoms with Gasteiger partial charge in [-0.2, -0.15) is 0 Å². The molecule has 1 aromatic heterocycles. The Balaban J connectivity index is 2.29. The van der Waals surface area contributed by atoms with Crippen molar-refractivity contribution in [1.29, 1.82) is 0 Å². The molecule has 2 aromatic rings. The van der Waals surface area contributed by atoms with Gasteiger partial charge in [-0.25, -0.2) is 15.4 Å². The Hall–Kier alpha value is -2.02. The summed E-state index contributed by atoms with van der Waals surface area (Å²) >= 11 is 0. The molecule has 0 aliphatic heterocycles. The van der Waals surface area contributed by atoms with E-state index in [0.717, 1.165) is 17.0 Å². The van der Waals surface area contributed by atoms with Gasteiger partial charge in [0, 0.05) is 18.9 Å². The zero-order valence-electron chi connectivity index (χ0n) is 12.2. The van der Waals surface area contributed by atoms with E-state index in [-0.39, 0.29) is 6.04 Å². The van der Waals surface area contributed by atoms with E-state index in [4.69, 9.17) is 15.3 Å². The quantitative estimate of drug-likeness (QED) is 0.455. The number of methoxy groups -OCH3 is 1. The molecule has 0 saturated heterocycles. The van der Waals surface area contributed by atoms with Gasteiger partial charge in [0.15, 0.2) is 0 Å². The predicted octanol–water partition coefficient (Wildman–Crippen LogP) is 1.36. The van der Waals surface area contributed by atoms with E-state index in [1.807, 2.05) is 37.3 Å². The van der Waals surface area contributed by atoms with E-state index in [0.29, 0.717) is 19.0 Å². The molecule has 3 N–H and O–H groups in total. The van der Waals surface area contributed by atoms with Crippen LogP contribution in [0.15, 0.2) is 36.5 Å². The molecule has 0 spiro atoms. The number of ether oxygens (including phenoxy) is 2. The molecule has 0 aliphatic carbocycles. The molecule has 1 aromatic carbocycles. The number of nitrogens with two attached hydrogens (primary N) is 1. The first kappa shape index (κ1) is 15.4. The predicted molar refractivity (Wildman–Crippen MR) is 79.7 cm³/mol. The molecule has 1 unspecified atom stereocenters. The van der Waals surface area contributed by atoms with Crippen molar-refractivity contribution in [2.24, 2.45) is 5.84 Å². The van der Waals surface area contributed by atoms with Gasteiger partial charge in [-0.15, -0.1) is 0 Å². The number of aryl methyl sites for hydroxylation is 1. The summed E-state index contributed by atoms with van der Waals surface area (Å²) in [5.74, 6) is 7.18. The smallest absolute Gasteiger partial charge is 0.125 e. The van der Waals surface area contributed by atoms with Crippen molar-refractivity contribution in [2.45, 2.75) is 13.0 Å². The molecule has 112 valence electrons. The number of rotatable bonds is 7. The van der Waals surface area contributed by atoms with Crippen LogP contribution >= 0.6 is 0 Å². The Kier molecular flexibility index (Phi) is 5.62. The third-order valence-electron chi connectivity index (χ3n) is 3.04. The number of aromatic nitrogens is 2. The standard InChI is InChI=1S/C15H20N4O2/c1-11-17-8-7-13(18-11)15(19-16)12-5-3-4-6-14(12)21-10-9-20-2/h3-8,15,19H,9-10,16H2,1-2H3. The fraction of sp³-hybridized carbons (Fsp3) is 0.333. The summed E-state index contributed by atoms with van der Waals surface area (Å²) in [6.45, 7) is 2.85. The molecule has 0 saturated carbocycles. The van der Waals surface area contributed by atoms with Crippen LogP contribution in [-0.2, 0) is 4.74 Å². The van der Waals surface area contributed by atoms with E-state index in [1.165, 1.54) is 0 Å². The van der Waals surface area contributed by atoms with Crippen LogP contribution in [0.2, 0.25) is 0 Å². The summed E-state index contributed by atoms with van der Waals surface area (Å²) in [5, 5.41) is 0. The maximum Gasteiger partial charge on any atom is 0.125 e. The van der Waals surface area contributed by atoms with E-state index in [2.05, 4.69) is 15.4 Å². The largest absolute Gasteiger partial charge is 0.491 e. The van der Waals surface area contributed by atoms with Crippen LogP contribution in [0.4, 0.5) is 0 Å². The Morgan fingerprint density at radius 1 is 1.24 bits per heavy atom. The van der Waals surface area contributed by atoms with Crippen molar-refractivity contribution in [1.82, 2.24) is 15.4 Å². The van der Waals surface area contributed by atoms with E-state index in [9.17, 15) is 0 Å². The van der Waals surface area contributed by atoms with Crippen LogP contribution in [0.5, 0.6) is 5.75 Å². The summed E-state index contributed by atoms with van der Waals surface area (Å²) in [5.41, 5.74) is 4.52. The molecule has 0 fully saturated rings. The fourth-order valence-corrected chi connectivity index (χ4v) is 2.06. The molecule has 2 rings (SSSR count). The second-order valence-corrected chi connectivity index (χ2v) is 4.51. The number of benzene rings is 1. The van der Waals surface area contributed by atoms with Gasteiger partial charge in [0.05, 0.1) is 18.3 Å². The molecule has 0 radical (unpaired) electrons. The lowest BCUT2D eigenvalue weighted by molar-refractivity contribution is 0.145. The van der Waals surface area contributed by atoms with Gasteiger partial charge >= 0.3 is 0 Å². The molecule has 0 amide bonds. The Morgan fingerprint density at radius 3 is 2.76 bits per heavy atom. The van der Waals surface area contributed by atoms with Gasteiger partial charge in [-0.1, -0.05) is 18.2 Å². The van der Waals surface area contributed by atoms with Gasteiger partial charge in [-0.3, -0.25) is 5.84 Å². The highest BCUT2D eigenvalue weighted by Gasteiger charge is 2.18. The number of hydrogen-bond acceptors (Lipinski definition) is 6. The Bertz CT molecular complexity index is 577. The lowest BCUT2D eigenvalue weighted by Gasteiger charge is -2.19. The molecule has 21 heavy (non-hydrogen) atoms. The van der Waals surface area contributed by atoms with Crippen LogP contribution in [-0.4, -0.2) is 30.3 Å². The Labute approximate surface area is 124 Å². The topological polar surface area (TPSA) is 82.3 Å². The molecule has 0 bridgehead atoms. The maximum atomic E-state index is 5.75. The van der Waals surface area contributed by atoms with E-state index in [1.54, 1.807) is 13.3 Å². The highest BCUT2D eigenvalue weighted by Crippen LogP contribution is 2.28. The number of nitrogens with zero attached hydrogens (tertiary/aromatic N) is 2. The molecule has 0 aliphatic rings. The molecule has 6 heteroatoms. The number of hydrazine groups is 1. The summed E-state index contributed by atoms with van der Waals surface area (Å²) in [4.78, 5) is 8.53. The normalized spacial score (nSPS) is 12.1. The lowest BCUT2D eigenvalue weighted by Crippen LogP contribution is -2.30. The number of hydrogen-bond donors (Lipinski definition) is 2. The minimum Gasteiger partial charge on any atom is -0.491 e. The minimum atomic E-state index is -0.259. The fourth-order valence-electron chi connectivity index (χ4n) is 2.06. The van der Waals surface area contributed by atoms with Gasteiger partial charge in [0.2, 0.25) is 0 Å². The third-order valence-corrected chi connectivity index (χ3v) is 3.04. The van der Waals surface area contributed by atoms with Crippen LogP contribution in [0.1, 0.15) is 23.1 Å². The SMILES string of the molecule is COCCOc1ccccc1C(NN)c1ccnc(C)n1. The maximum absolute atomic E-state index is 5.75. The highest BCUT2D eigenvalue weighted by molar-refractivity contribution is 5.39. The zero-order valence-corrected chi connectivity index (χ0v) is 12.2. The van der Waals surface area contributed by atoms with E-state index >= 15 is 0 Å². The second kappa shape index (κ2) is 7.68. The van der Waals surface area contributed by atoms with Crippen LogP contribution < -0.4 is 16.0 Å². The third kappa shape index (κ3) is 3.98. The van der Waals surface area contributed by atoms with Gasteiger partial charge in [0.1, 0.15) is 18.2 Å². The summed E-state index contributed by atoms with van der Waals surface area (Å²) in [6.07, 6.45) is 1.72. The highest BCUT2D eigenvalue weighted by atomic mass is 16.5. The van der Waals surface area contributed by atoms with Crippen molar-refractivity contribution < 1.29 is 9.47 Å². The molecule has 1 atom stereocenters. The van der Waals surface area contributed by atoms with Gasteiger partial charge in [-0.05, 0) is 19.1 Å². The van der Waals surface area contributed by atoms with Crippen molar-refractivity contribution in [3.63, 3.8) is 0 Å². The van der Waals surface area contributed by atoms with Crippen LogP contribution in [0, 0.1) is 6.92 Å². The van der Waals surface area contributed by atoms with Crippen molar-refractivity contribution in [3.8, 4) is 5.75 Å². The number of nitrogens with one attached hydrogen (secondary N) is 1. The molecular weight excluding hydrogens is 268 g/mol. The lowest BCUT2D eigenvalue weighted by atomic mass is 10.0. The monoisotopic (exact) mass is 288 g/mol. The summed E-state index contributed by atoms with van der Waals surface area (Å²) < 4.78 is 10.8. The zero-order chi connectivity index (χ0) is 15.1. The first-order valence-corrected chi connectivity index (χ1v) is 6.72. The summed E-state index contributed by atoms with van der Waals surface area (Å²) in [7, 11) is 1.64. The van der Waals surface area contributed by atoms with Crippen molar-refractivity contribution in [3.05, 3.63) is 53.6 Å².